The van der Waals surface area contributed by atoms with Crippen molar-refractivity contribution in [1.29, 1.82) is 0 Å². The fraction of sp³-hybridized carbons (Fsp3) is 0.625. The van der Waals surface area contributed by atoms with E-state index in [9.17, 15) is 9.59 Å². The summed E-state index contributed by atoms with van der Waals surface area (Å²) < 4.78 is 5.06. The molecule has 4 nitrogen and oxygen atoms in total. The summed E-state index contributed by atoms with van der Waals surface area (Å²) in [6, 6.07) is 1.83. The van der Waals surface area contributed by atoms with Crippen LogP contribution in [0.4, 0.5) is 5.00 Å². The molecular formula is C16H23NO3S. The van der Waals surface area contributed by atoms with Crippen LogP contribution in [0.5, 0.6) is 0 Å². The number of carbonyl (C=O) groups is 2. The van der Waals surface area contributed by atoms with Crippen molar-refractivity contribution < 1.29 is 14.3 Å². The van der Waals surface area contributed by atoms with Crippen molar-refractivity contribution in [3.63, 3.8) is 0 Å². The van der Waals surface area contributed by atoms with Crippen LogP contribution < -0.4 is 5.32 Å². The molecule has 1 fully saturated rings. The summed E-state index contributed by atoms with van der Waals surface area (Å²) >= 11 is 1.47. The van der Waals surface area contributed by atoms with Crippen molar-refractivity contribution in [2.45, 2.75) is 52.4 Å². The monoisotopic (exact) mass is 309 g/mol. The van der Waals surface area contributed by atoms with Gasteiger partial charge in [-0.3, -0.25) is 4.79 Å². The highest BCUT2D eigenvalue weighted by Gasteiger charge is 2.22. The normalized spacial score (nSPS) is 15.1. The van der Waals surface area contributed by atoms with E-state index in [0.717, 1.165) is 24.1 Å². The predicted molar refractivity (Wildman–Crippen MR) is 84.9 cm³/mol. The maximum atomic E-state index is 12.1. The Bertz CT molecular complexity index is 504. The second-order valence-corrected chi connectivity index (χ2v) is 6.57. The Morgan fingerprint density at radius 1 is 1.33 bits per heavy atom. The molecule has 1 aromatic heterocycles. The third kappa shape index (κ3) is 4.30. The molecule has 116 valence electrons. The number of nitrogens with one attached hydrogen (secondary N) is 1. The molecule has 0 aromatic carbocycles. The van der Waals surface area contributed by atoms with E-state index < -0.39 is 0 Å². The van der Waals surface area contributed by atoms with Gasteiger partial charge in [0.2, 0.25) is 5.91 Å². The van der Waals surface area contributed by atoms with Gasteiger partial charge in [-0.1, -0.05) is 19.8 Å². The van der Waals surface area contributed by atoms with E-state index >= 15 is 0 Å². The molecule has 5 heteroatoms. The lowest BCUT2D eigenvalue weighted by Gasteiger charge is -2.09. The molecule has 0 unspecified atom stereocenters. The van der Waals surface area contributed by atoms with E-state index in [-0.39, 0.29) is 11.9 Å². The molecule has 0 aliphatic heterocycles. The van der Waals surface area contributed by atoms with Crippen LogP contribution >= 0.6 is 11.3 Å². The lowest BCUT2D eigenvalue weighted by Crippen LogP contribution is -2.16. The van der Waals surface area contributed by atoms with Gasteiger partial charge in [-0.25, -0.2) is 4.79 Å². The number of aryl methyl sites for hydroxylation is 1. The predicted octanol–water partition coefficient (Wildman–Crippen LogP) is 4.01. The molecular weight excluding hydrogens is 286 g/mol. The maximum absolute atomic E-state index is 12.1. The van der Waals surface area contributed by atoms with Crippen LogP contribution in [0, 0.1) is 5.92 Å². The van der Waals surface area contributed by atoms with Crippen LogP contribution in [-0.4, -0.2) is 18.5 Å². The van der Waals surface area contributed by atoms with Crippen LogP contribution in [0.15, 0.2) is 6.07 Å². The van der Waals surface area contributed by atoms with Crippen LogP contribution in [0.25, 0.3) is 0 Å². The van der Waals surface area contributed by atoms with Gasteiger partial charge >= 0.3 is 5.97 Å². The van der Waals surface area contributed by atoms with Gasteiger partial charge < -0.3 is 10.1 Å². The smallest absolute Gasteiger partial charge is 0.341 e. The van der Waals surface area contributed by atoms with Crippen molar-refractivity contribution in [2.24, 2.45) is 5.92 Å². The van der Waals surface area contributed by atoms with Gasteiger partial charge in [0, 0.05) is 11.3 Å². The molecule has 0 bridgehead atoms. The summed E-state index contributed by atoms with van der Waals surface area (Å²) in [6.45, 7) is 4.15. The molecule has 21 heavy (non-hydrogen) atoms. The molecule has 1 N–H and O–H groups in total. The molecule has 0 atom stereocenters. The maximum Gasteiger partial charge on any atom is 0.341 e. The van der Waals surface area contributed by atoms with E-state index in [1.165, 1.54) is 24.2 Å². The van der Waals surface area contributed by atoms with Crippen molar-refractivity contribution >= 4 is 28.2 Å². The summed E-state index contributed by atoms with van der Waals surface area (Å²) in [6.07, 6.45) is 6.14. The molecule has 0 radical (unpaired) electrons. The molecule has 1 heterocycles. The highest BCUT2D eigenvalue weighted by Crippen LogP contribution is 2.31. The van der Waals surface area contributed by atoms with E-state index in [1.54, 1.807) is 6.92 Å². The van der Waals surface area contributed by atoms with Gasteiger partial charge in [0.1, 0.15) is 5.00 Å². The molecule has 1 aromatic rings. The molecule has 0 spiro atoms. The van der Waals surface area contributed by atoms with E-state index in [0.29, 0.717) is 29.5 Å². The number of amides is 1. The van der Waals surface area contributed by atoms with Gasteiger partial charge in [-0.05, 0) is 38.2 Å². The number of esters is 1. The van der Waals surface area contributed by atoms with E-state index in [1.807, 2.05) is 13.0 Å². The highest BCUT2D eigenvalue weighted by molar-refractivity contribution is 7.16. The number of rotatable bonds is 6. The quantitative estimate of drug-likeness (QED) is 0.808. The van der Waals surface area contributed by atoms with Crippen molar-refractivity contribution in [2.75, 3.05) is 11.9 Å². The number of carbonyl (C=O) groups excluding carboxylic acids is 2. The summed E-state index contributed by atoms with van der Waals surface area (Å²) in [7, 11) is 0. The Morgan fingerprint density at radius 2 is 2.05 bits per heavy atom. The zero-order valence-electron chi connectivity index (χ0n) is 12.7. The van der Waals surface area contributed by atoms with Gasteiger partial charge in [-0.2, -0.15) is 0 Å². The third-order valence-electron chi connectivity index (χ3n) is 3.83. The number of thiophene rings is 1. The summed E-state index contributed by atoms with van der Waals surface area (Å²) in [5.41, 5.74) is 0.485. The van der Waals surface area contributed by atoms with Gasteiger partial charge in [-0.15, -0.1) is 11.3 Å². The molecule has 2 rings (SSSR count). The van der Waals surface area contributed by atoms with Gasteiger partial charge in [0.25, 0.3) is 0 Å². The van der Waals surface area contributed by atoms with E-state index in [2.05, 4.69) is 5.32 Å². The fourth-order valence-electron chi connectivity index (χ4n) is 2.72. The molecule has 0 saturated heterocycles. The Kier molecular flexibility index (Phi) is 5.79. The summed E-state index contributed by atoms with van der Waals surface area (Å²) in [5.74, 6) is 0.156. The van der Waals surface area contributed by atoms with Crippen LogP contribution in [0.1, 0.15) is 61.2 Å². The minimum absolute atomic E-state index is 0.0111. The van der Waals surface area contributed by atoms with Crippen LogP contribution in [0.3, 0.4) is 0 Å². The number of hydrogen-bond acceptors (Lipinski definition) is 4. The molecule has 1 aliphatic rings. The fourth-order valence-corrected chi connectivity index (χ4v) is 3.72. The van der Waals surface area contributed by atoms with Crippen molar-refractivity contribution in [1.82, 2.24) is 0 Å². The number of anilines is 1. The number of hydrogen-bond donors (Lipinski definition) is 1. The van der Waals surface area contributed by atoms with Crippen molar-refractivity contribution in [3.8, 4) is 0 Å². The van der Waals surface area contributed by atoms with Crippen LogP contribution in [-0.2, 0) is 16.0 Å². The number of ether oxygens (including phenoxy) is 1. The molecule has 1 saturated carbocycles. The van der Waals surface area contributed by atoms with Crippen molar-refractivity contribution in [3.05, 3.63) is 16.5 Å². The first kappa shape index (κ1) is 16.0. The topological polar surface area (TPSA) is 55.4 Å². The Balaban J connectivity index is 2.04. The highest BCUT2D eigenvalue weighted by atomic mass is 32.1. The van der Waals surface area contributed by atoms with Gasteiger partial charge in [0.05, 0.1) is 12.2 Å². The zero-order chi connectivity index (χ0) is 15.2. The minimum Gasteiger partial charge on any atom is -0.462 e. The van der Waals surface area contributed by atoms with Gasteiger partial charge in [0.15, 0.2) is 0 Å². The average Bonchev–Trinajstić information content (AvgIpc) is 3.08. The second kappa shape index (κ2) is 7.59. The largest absolute Gasteiger partial charge is 0.462 e. The average molecular weight is 309 g/mol. The Hall–Kier alpha value is -1.36. The third-order valence-corrected chi connectivity index (χ3v) is 5.02. The van der Waals surface area contributed by atoms with E-state index in [4.69, 9.17) is 4.74 Å². The van der Waals surface area contributed by atoms with Crippen LogP contribution in [0.2, 0.25) is 0 Å². The SMILES string of the molecule is CCOC(=O)c1cc(CC)sc1NC(=O)CC1CCCC1. The Morgan fingerprint density at radius 3 is 2.67 bits per heavy atom. The first-order chi connectivity index (χ1) is 10.1. The lowest BCUT2D eigenvalue weighted by molar-refractivity contribution is -0.117. The molecule has 1 aliphatic carbocycles. The first-order valence-corrected chi connectivity index (χ1v) is 8.55. The summed E-state index contributed by atoms with van der Waals surface area (Å²) in [5, 5.41) is 3.54. The first-order valence-electron chi connectivity index (χ1n) is 7.73. The molecule has 1 amide bonds. The standard InChI is InChI=1S/C16H23NO3S/c1-3-12-10-13(16(19)20-4-2)15(21-12)17-14(18)9-11-7-5-6-8-11/h10-11H,3-9H2,1-2H3,(H,17,18). The lowest BCUT2D eigenvalue weighted by atomic mass is 10.0. The zero-order valence-corrected chi connectivity index (χ0v) is 13.6. The second-order valence-electron chi connectivity index (χ2n) is 5.43. The Labute approximate surface area is 129 Å². The minimum atomic E-state index is -0.357. The summed E-state index contributed by atoms with van der Waals surface area (Å²) in [4.78, 5) is 25.2.